The van der Waals surface area contributed by atoms with E-state index in [1.807, 2.05) is 11.8 Å². The Morgan fingerprint density at radius 3 is 2.71 bits per heavy atom. The molecule has 0 radical (unpaired) electrons. The van der Waals surface area contributed by atoms with Crippen LogP contribution in [0.15, 0.2) is 4.99 Å². The van der Waals surface area contributed by atoms with Crippen LogP contribution in [-0.4, -0.2) is 62.1 Å². The van der Waals surface area contributed by atoms with Gasteiger partial charge in [-0.3, -0.25) is 4.99 Å². The molecule has 0 spiro atoms. The maximum absolute atomic E-state index is 4.88. The first-order valence-corrected chi connectivity index (χ1v) is 9.62. The zero-order valence-corrected chi connectivity index (χ0v) is 15.4. The summed E-state index contributed by atoms with van der Waals surface area (Å²) in [6.07, 6.45) is 7.35. The fourth-order valence-electron chi connectivity index (χ4n) is 3.16. The smallest absolute Gasteiger partial charge is 0.191 e. The minimum atomic E-state index is 0.236. The molecule has 0 aromatic heterocycles. The first kappa shape index (κ1) is 18.6. The Labute approximate surface area is 135 Å². The van der Waals surface area contributed by atoms with Crippen molar-refractivity contribution in [3.63, 3.8) is 0 Å². The van der Waals surface area contributed by atoms with Gasteiger partial charge in [-0.15, -0.1) is 0 Å². The third-order valence-electron chi connectivity index (χ3n) is 4.49. The summed E-state index contributed by atoms with van der Waals surface area (Å²) in [5.41, 5.74) is 0.236. The summed E-state index contributed by atoms with van der Waals surface area (Å²) >= 11 is 1.86. The standard InChI is InChI=1S/C16H34N4S/c1-6-17-15(18-10-11-21-5)19-13-16(20(3)4)9-7-8-14(2)12-16/h14H,6-13H2,1-5H3,(H2,17,18,19). The Balaban J connectivity index is 2.68. The highest BCUT2D eigenvalue weighted by molar-refractivity contribution is 7.98. The van der Waals surface area contributed by atoms with Gasteiger partial charge >= 0.3 is 0 Å². The number of hydrogen-bond donors (Lipinski definition) is 2. The monoisotopic (exact) mass is 314 g/mol. The van der Waals surface area contributed by atoms with Crippen molar-refractivity contribution in [3.05, 3.63) is 0 Å². The van der Waals surface area contributed by atoms with Crippen LogP contribution in [0.2, 0.25) is 0 Å². The Hall–Kier alpha value is -0.420. The van der Waals surface area contributed by atoms with Crippen LogP contribution in [0.4, 0.5) is 0 Å². The number of rotatable bonds is 7. The number of thioether (sulfide) groups is 1. The fraction of sp³-hybridized carbons (Fsp3) is 0.938. The van der Waals surface area contributed by atoms with Gasteiger partial charge in [0, 0.05) is 24.4 Å². The van der Waals surface area contributed by atoms with E-state index in [1.54, 1.807) is 0 Å². The lowest BCUT2D eigenvalue weighted by atomic mass is 9.75. The lowest BCUT2D eigenvalue weighted by molar-refractivity contribution is 0.0845. The highest BCUT2D eigenvalue weighted by Gasteiger charge is 2.36. The van der Waals surface area contributed by atoms with Gasteiger partial charge < -0.3 is 15.5 Å². The van der Waals surface area contributed by atoms with Gasteiger partial charge in [0.2, 0.25) is 0 Å². The average Bonchev–Trinajstić information content (AvgIpc) is 2.45. The SMILES string of the molecule is CCNC(=NCC1(N(C)C)CCCC(C)C1)NCCSC. The zero-order valence-electron chi connectivity index (χ0n) is 14.5. The molecule has 124 valence electrons. The predicted molar refractivity (Wildman–Crippen MR) is 96.4 cm³/mol. The second kappa shape index (κ2) is 9.57. The molecule has 2 N–H and O–H groups in total. The Kier molecular flexibility index (Phi) is 8.49. The first-order valence-electron chi connectivity index (χ1n) is 8.22. The Morgan fingerprint density at radius 1 is 1.38 bits per heavy atom. The van der Waals surface area contributed by atoms with Crippen molar-refractivity contribution >= 4 is 17.7 Å². The fourth-order valence-corrected chi connectivity index (χ4v) is 3.47. The third-order valence-corrected chi connectivity index (χ3v) is 5.10. The molecule has 2 atom stereocenters. The molecule has 4 nitrogen and oxygen atoms in total. The van der Waals surface area contributed by atoms with Gasteiger partial charge in [-0.25, -0.2) is 0 Å². The maximum atomic E-state index is 4.88. The van der Waals surface area contributed by atoms with Crippen LogP contribution >= 0.6 is 11.8 Å². The molecule has 0 heterocycles. The number of nitrogens with zero attached hydrogens (tertiary/aromatic N) is 2. The lowest BCUT2D eigenvalue weighted by Gasteiger charge is -2.44. The summed E-state index contributed by atoms with van der Waals surface area (Å²) < 4.78 is 0. The van der Waals surface area contributed by atoms with Gasteiger partial charge in [0.05, 0.1) is 6.54 Å². The minimum absolute atomic E-state index is 0.236. The Morgan fingerprint density at radius 2 is 2.14 bits per heavy atom. The normalized spacial score (nSPS) is 27.0. The molecular weight excluding hydrogens is 280 g/mol. The topological polar surface area (TPSA) is 39.7 Å². The molecule has 5 heteroatoms. The summed E-state index contributed by atoms with van der Waals surface area (Å²) in [4.78, 5) is 7.28. The number of nitrogens with one attached hydrogen (secondary N) is 2. The van der Waals surface area contributed by atoms with Gasteiger partial charge in [0.1, 0.15) is 0 Å². The second-order valence-electron chi connectivity index (χ2n) is 6.44. The van der Waals surface area contributed by atoms with Crippen LogP contribution in [-0.2, 0) is 0 Å². The molecule has 1 aliphatic carbocycles. The van der Waals surface area contributed by atoms with Crippen molar-refractivity contribution in [2.45, 2.75) is 45.1 Å². The van der Waals surface area contributed by atoms with E-state index in [4.69, 9.17) is 4.99 Å². The molecule has 21 heavy (non-hydrogen) atoms. The van der Waals surface area contributed by atoms with E-state index in [-0.39, 0.29) is 5.54 Å². The van der Waals surface area contributed by atoms with Gasteiger partial charge in [0.15, 0.2) is 5.96 Å². The van der Waals surface area contributed by atoms with Crippen molar-refractivity contribution in [2.24, 2.45) is 10.9 Å². The Bertz CT molecular complexity index is 319. The molecule has 0 saturated heterocycles. The molecule has 0 bridgehead atoms. The molecule has 0 aliphatic heterocycles. The van der Waals surface area contributed by atoms with Crippen molar-refractivity contribution in [1.29, 1.82) is 0 Å². The number of aliphatic imine (C=N–C) groups is 1. The summed E-state index contributed by atoms with van der Waals surface area (Å²) in [7, 11) is 4.42. The molecule has 1 fully saturated rings. The van der Waals surface area contributed by atoms with Crippen molar-refractivity contribution < 1.29 is 0 Å². The molecule has 2 unspecified atom stereocenters. The van der Waals surface area contributed by atoms with E-state index >= 15 is 0 Å². The number of hydrogen-bond acceptors (Lipinski definition) is 3. The van der Waals surface area contributed by atoms with E-state index < -0.39 is 0 Å². The van der Waals surface area contributed by atoms with Gasteiger partial charge in [-0.05, 0) is 46.0 Å². The lowest BCUT2D eigenvalue weighted by Crippen LogP contribution is -2.51. The second-order valence-corrected chi connectivity index (χ2v) is 7.42. The highest BCUT2D eigenvalue weighted by atomic mass is 32.2. The van der Waals surface area contributed by atoms with Gasteiger partial charge in [0.25, 0.3) is 0 Å². The third kappa shape index (κ3) is 6.07. The summed E-state index contributed by atoms with van der Waals surface area (Å²) in [5, 5.41) is 6.79. The molecule has 1 rings (SSSR count). The van der Waals surface area contributed by atoms with E-state index in [0.29, 0.717) is 0 Å². The predicted octanol–water partition coefficient (Wildman–Crippen LogP) is 2.42. The minimum Gasteiger partial charge on any atom is -0.357 e. The van der Waals surface area contributed by atoms with Crippen molar-refractivity contribution in [2.75, 3.05) is 45.7 Å². The van der Waals surface area contributed by atoms with Crippen LogP contribution in [0, 0.1) is 5.92 Å². The maximum Gasteiger partial charge on any atom is 0.191 e. The molecule has 0 amide bonds. The summed E-state index contributed by atoms with van der Waals surface area (Å²) in [5.74, 6) is 2.88. The molecule has 0 aromatic rings. The van der Waals surface area contributed by atoms with E-state index in [2.05, 4.69) is 49.7 Å². The van der Waals surface area contributed by atoms with Crippen LogP contribution in [0.3, 0.4) is 0 Å². The molecule has 1 aliphatic rings. The van der Waals surface area contributed by atoms with Gasteiger partial charge in [-0.1, -0.05) is 19.8 Å². The molecular formula is C16H34N4S. The molecule has 1 saturated carbocycles. The largest absolute Gasteiger partial charge is 0.357 e. The number of likely N-dealkylation sites (N-methyl/N-ethyl adjacent to an activating group) is 1. The van der Waals surface area contributed by atoms with Crippen LogP contribution in [0.1, 0.15) is 39.5 Å². The average molecular weight is 315 g/mol. The quantitative estimate of drug-likeness (QED) is 0.430. The summed E-state index contributed by atoms with van der Waals surface area (Å²) in [6, 6.07) is 0. The van der Waals surface area contributed by atoms with Crippen molar-refractivity contribution in [3.8, 4) is 0 Å². The highest BCUT2D eigenvalue weighted by Crippen LogP contribution is 2.35. The number of guanidine groups is 1. The van der Waals surface area contributed by atoms with Gasteiger partial charge in [-0.2, -0.15) is 11.8 Å². The van der Waals surface area contributed by atoms with Crippen LogP contribution in [0.5, 0.6) is 0 Å². The van der Waals surface area contributed by atoms with E-state index in [1.165, 1.54) is 25.7 Å². The van der Waals surface area contributed by atoms with Crippen LogP contribution in [0.25, 0.3) is 0 Å². The zero-order chi connectivity index (χ0) is 15.7. The van der Waals surface area contributed by atoms with E-state index in [0.717, 1.165) is 37.3 Å². The van der Waals surface area contributed by atoms with Crippen LogP contribution < -0.4 is 10.6 Å². The summed E-state index contributed by atoms with van der Waals surface area (Å²) in [6.45, 7) is 7.27. The molecule has 0 aromatic carbocycles. The first-order chi connectivity index (χ1) is 10.0. The van der Waals surface area contributed by atoms with Crippen molar-refractivity contribution in [1.82, 2.24) is 15.5 Å². The van der Waals surface area contributed by atoms with E-state index in [9.17, 15) is 0 Å².